The minimum absolute atomic E-state index is 1.03. The van der Waals surface area contributed by atoms with E-state index in [0.717, 1.165) is 11.3 Å². The molecule has 0 aliphatic carbocycles. The highest BCUT2D eigenvalue weighted by atomic mass is 14.7. The fourth-order valence-corrected chi connectivity index (χ4v) is 2.40. The standard InChI is InChI=1S/C19H17N/c1-14-10-11-20-19(12-14)17-9-8-15(2)18(13-17)16-6-4-3-5-7-16/h3-13H,1-2H3. The molecule has 0 aliphatic rings. The van der Waals surface area contributed by atoms with Crippen LogP contribution in [0, 0.1) is 13.8 Å². The second-order valence-electron chi connectivity index (χ2n) is 5.11. The summed E-state index contributed by atoms with van der Waals surface area (Å²) in [5.41, 5.74) is 7.23. The van der Waals surface area contributed by atoms with Crippen molar-refractivity contribution in [2.24, 2.45) is 0 Å². The van der Waals surface area contributed by atoms with Gasteiger partial charge in [-0.3, -0.25) is 4.98 Å². The number of rotatable bonds is 2. The summed E-state index contributed by atoms with van der Waals surface area (Å²) >= 11 is 0. The Labute approximate surface area is 119 Å². The summed E-state index contributed by atoms with van der Waals surface area (Å²) in [5.74, 6) is 0. The van der Waals surface area contributed by atoms with Crippen LogP contribution in [0.2, 0.25) is 0 Å². The number of pyridine rings is 1. The number of aromatic nitrogens is 1. The van der Waals surface area contributed by atoms with Gasteiger partial charge in [-0.05, 0) is 54.3 Å². The van der Waals surface area contributed by atoms with Crippen LogP contribution in [0.5, 0.6) is 0 Å². The summed E-state index contributed by atoms with van der Waals surface area (Å²) in [6.07, 6.45) is 1.87. The molecule has 0 atom stereocenters. The van der Waals surface area contributed by atoms with E-state index in [4.69, 9.17) is 0 Å². The second-order valence-corrected chi connectivity index (χ2v) is 5.11. The van der Waals surface area contributed by atoms with Crippen LogP contribution in [0.4, 0.5) is 0 Å². The largest absolute Gasteiger partial charge is 0.256 e. The fraction of sp³-hybridized carbons (Fsp3) is 0.105. The van der Waals surface area contributed by atoms with Gasteiger partial charge in [-0.25, -0.2) is 0 Å². The molecule has 0 bridgehead atoms. The summed E-state index contributed by atoms with van der Waals surface area (Å²) in [4.78, 5) is 4.47. The second kappa shape index (κ2) is 5.30. The van der Waals surface area contributed by atoms with Crippen LogP contribution in [0.25, 0.3) is 22.4 Å². The van der Waals surface area contributed by atoms with Crippen molar-refractivity contribution < 1.29 is 0 Å². The third kappa shape index (κ3) is 2.48. The highest BCUT2D eigenvalue weighted by Gasteiger charge is 2.05. The first-order valence-corrected chi connectivity index (χ1v) is 6.83. The van der Waals surface area contributed by atoms with E-state index in [1.807, 2.05) is 18.3 Å². The quantitative estimate of drug-likeness (QED) is 0.628. The molecule has 1 heteroatoms. The summed E-state index contributed by atoms with van der Waals surface area (Å²) in [7, 11) is 0. The van der Waals surface area contributed by atoms with E-state index in [0.29, 0.717) is 0 Å². The van der Waals surface area contributed by atoms with Crippen molar-refractivity contribution >= 4 is 0 Å². The van der Waals surface area contributed by atoms with Crippen molar-refractivity contribution in [1.29, 1.82) is 0 Å². The minimum Gasteiger partial charge on any atom is -0.256 e. The number of hydrogen-bond acceptors (Lipinski definition) is 1. The van der Waals surface area contributed by atoms with E-state index in [1.165, 1.54) is 22.3 Å². The molecule has 0 radical (unpaired) electrons. The topological polar surface area (TPSA) is 12.9 Å². The van der Waals surface area contributed by atoms with Crippen molar-refractivity contribution in [2.75, 3.05) is 0 Å². The average Bonchev–Trinajstić information content (AvgIpc) is 2.48. The summed E-state index contributed by atoms with van der Waals surface area (Å²) in [6, 6.07) is 21.2. The summed E-state index contributed by atoms with van der Waals surface area (Å²) < 4.78 is 0. The smallest absolute Gasteiger partial charge is 0.0704 e. The lowest BCUT2D eigenvalue weighted by Crippen LogP contribution is -1.88. The molecule has 1 heterocycles. The van der Waals surface area contributed by atoms with Crippen LogP contribution in [0.3, 0.4) is 0 Å². The molecule has 98 valence electrons. The van der Waals surface area contributed by atoms with Gasteiger partial charge in [0.05, 0.1) is 5.69 Å². The van der Waals surface area contributed by atoms with Gasteiger partial charge in [0.25, 0.3) is 0 Å². The maximum absolute atomic E-state index is 4.47. The van der Waals surface area contributed by atoms with Crippen molar-refractivity contribution in [1.82, 2.24) is 4.98 Å². The van der Waals surface area contributed by atoms with Crippen molar-refractivity contribution in [3.8, 4) is 22.4 Å². The minimum atomic E-state index is 1.03. The van der Waals surface area contributed by atoms with Gasteiger partial charge in [0.15, 0.2) is 0 Å². The molecule has 0 aliphatic heterocycles. The van der Waals surface area contributed by atoms with E-state index < -0.39 is 0 Å². The maximum Gasteiger partial charge on any atom is 0.0704 e. The lowest BCUT2D eigenvalue weighted by atomic mass is 9.97. The van der Waals surface area contributed by atoms with Crippen molar-refractivity contribution in [3.05, 3.63) is 78.0 Å². The van der Waals surface area contributed by atoms with Crippen LogP contribution < -0.4 is 0 Å². The number of aryl methyl sites for hydroxylation is 2. The Bertz CT molecular complexity index is 730. The summed E-state index contributed by atoms with van der Waals surface area (Å²) in [6.45, 7) is 4.24. The van der Waals surface area contributed by atoms with E-state index in [-0.39, 0.29) is 0 Å². The van der Waals surface area contributed by atoms with Gasteiger partial charge in [-0.15, -0.1) is 0 Å². The van der Waals surface area contributed by atoms with Gasteiger partial charge in [-0.2, -0.15) is 0 Å². The molecule has 3 aromatic rings. The van der Waals surface area contributed by atoms with Gasteiger partial charge >= 0.3 is 0 Å². The third-order valence-electron chi connectivity index (χ3n) is 3.53. The zero-order valence-corrected chi connectivity index (χ0v) is 11.8. The molecule has 0 spiro atoms. The van der Waals surface area contributed by atoms with Crippen molar-refractivity contribution in [3.63, 3.8) is 0 Å². The van der Waals surface area contributed by atoms with E-state index in [1.54, 1.807) is 0 Å². The zero-order chi connectivity index (χ0) is 13.9. The number of benzene rings is 2. The molecule has 3 rings (SSSR count). The Kier molecular flexibility index (Phi) is 3.34. The van der Waals surface area contributed by atoms with Gasteiger partial charge in [0, 0.05) is 11.8 Å². The Morgan fingerprint density at radius 3 is 2.30 bits per heavy atom. The first-order valence-electron chi connectivity index (χ1n) is 6.83. The zero-order valence-electron chi connectivity index (χ0n) is 11.8. The average molecular weight is 259 g/mol. The normalized spacial score (nSPS) is 10.5. The highest BCUT2D eigenvalue weighted by molar-refractivity contribution is 5.74. The Balaban J connectivity index is 2.12. The van der Waals surface area contributed by atoms with Crippen LogP contribution in [-0.4, -0.2) is 4.98 Å². The van der Waals surface area contributed by atoms with Gasteiger partial charge < -0.3 is 0 Å². The van der Waals surface area contributed by atoms with Crippen LogP contribution >= 0.6 is 0 Å². The molecule has 2 aromatic carbocycles. The molecule has 20 heavy (non-hydrogen) atoms. The molecule has 0 fully saturated rings. The molecule has 0 saturated carbocycles. The first-order chi connectivity index (χ1) is 9.74. The van der Waals surface area contributed by atoms with E-state index in [2.05, 4.69) is 67.4 Å². The predicted molar refractivity (Wildman–Crippen MR) is 84.6 cm³/mol. The molecule has 0 saturated heterocycles. The lowest BCUT2D eigenvalue weighted by Gasteiger charge is -2.09. The molecular formula is C19H17N. The molecule has 0 amide bonds. The fourth-order valence-electron chi connectivity index (χ4n) is 2.40. The van der Waals surface area contributed by atoms with Gasteiger partial charge in [-0.1, -0.05) is 42.5 Å². The van der Waals surface area contributed by atoms with Gasteiger partial charge in [0.1, 0.15) is 0 Å². The van der Waals surface area contributed by atoms with Crippen LogP contribution in [-0.2, 0) is 0 Å². The predicted octanol–water partition coefficient (Wildman–Crippen LogP) is 5.03. The molecule has 1 aromatic heterocycles. The van der Waals surface area contributed by atoms with Gasteiger partial charge in [0.2, 0.25) is 0 Å². The number of nitrogens with zero attached hydrogens (tertiary/aromatic N) is 1. The maximum atomic E-state index is 4.47. The van der Waals surface area contributed by atoms with Crippen LogP contribution in [0.15, 0.2) is 66.9 Å². The molecule has 0 N–H and O–H groups in total. The third-order valence-corrected chi connectivity index (χ3v) is 3.53. The lowest BCUT2D eigenvalue weighted by molar-refractivity contribution is 1.28. The molecular weight excluding hydrogens is 242 g/mol. The van der Waals surface area contributed by atoms with E-state index in [9.17, 15) is 0 Å². The Morgan fingerprint density at radius 1 is 0.750 bits per heavy atom. The summed E-state index contributed by atoms with van der Waals surface area (Å²) in [5, 5.41) is 0. The Morgan fingerprint density at radius 2 is 1.55 bits per heavy atom. The first kappa shape index (κ1) is 12.6. The monoisotopic (exact) mass is 259 g/mol. The van der Waals surface area contributed by atoms with Crippen LogP contribution in [0.1, 0.15) is 11.1 Å². The molecule has 1 nitrogen and oxygen atoms in total. The van der Waals surface area contributed by atoms with Crippen molar-refractivity contribution in [2.45, 2.75) is 13.8 Å². The highest BCUT2D eigenvalue weighted by Crippen LogP contribution is 2.28. The van der Waals surface area contributed by atoms with E-state index >= 15 is 0 Å². The molecule has 0 unspecified atom stereocenters. The SMILES string of the molecule is Cc1ccnc(-c2ccc(C)c(-c3ccccc3)c2)c1. The number of hydrogen-bond donors (Lipinski definition) is 0. The Hall–Kier alpha value is -2.41.